The second kappa shape index (κ2) is 4.09. The van der Waals surface area contributed by atoms with Crippen molar-refractivity contribution in [1.29, 1.82) is 0 Å². The predicted molar refractivity (Wildman–Crippen MR) is 61.6 cm³/mol. The first-order valence-electron chi connectivity index (χ1n) is 4.90. The molecular weight excluding hydrogens is 186 g/mol. The molecule has 3 nitrogen and oxygen atoms in total. The molecule has 0 N–H and O–H groups in total. The molecule has 1 heterocycles. The van der Waals surface area contributed by atoms with Crippen LogP contribution in [-0.4, -0.2) is 15.0 Å². The average Bonchev–Trinajstić information content (AvgIpc) is 2.70. The summed E-state index contributed by atoms with van der Waals surface area (Å²) in [6.45, 7) is 7.54. The number of nitrogens with zero attached hydrogens (tertiary/aromatic N) is 3. The highest BCUT2D eigenvalue weighted by Gasteiger charge is 2.10. The first-order chi connectivity index (χ1) is 7.36. The number of hydrogen-bond acceptors (Lipinski definition) is 2. The quantitative estimate of drug-likeness (QED) is 0.709. The summed E-state index contributed by atoms with van der Waals surface area (Å²) in [4.78, 5) is 0. The van der Waals surface area contributed by atoms with Gasteiger partial charge >= 0.3 is 0 Å². The molecule has 0 bridgehead atoms. The minimum atomic E-state index is 0.134. The highest BCUT2D eigenvalue weighted by molar-refractivity contribution is 5.74. The number of allylic oxidation sites excluding steroid dienone is 2. The Hall–Kier alpha value is -1.90. The van der Waals surface area contributed by atoms with Gasteiger partial charge in [-0.05, 0) is 18.6 Å². The first-order valence-corrected chi connectivity index (χ1v) is 4.90. The fourth-order valence-electron chi connectivity index (χ4n) is 1.60. The highest BCUT2D eigenvalue weighted by Crippen LogP contribution is 2.18. The molecular formula is C12H13N3. The Balaban J connectivity index is 2.50. The molecule has 76 valence electrons. The largest absolute Gasteiger partial charge is 0.237 e. The molecule has 1 aromatic heterocycles. The molecule has 0 spiro atoms. The summed E-state index contributed by atoms with van der Waals surface area (Å²) < 4.78 is 1.88. The van der Waals surface area contributed by atoms with Gasteiger partial charge in [0.1, 0.15) is 5.52 Å². The van der Waals surface area contributed by atoms with E-state index >= 15 is 0 Å². The van der Waals surface area contributed by atoms with E-state index in [0.29, 0.717) is 0 Å². The molecule has 1 atom stereocenters. The van der Waals surface area contributed by atoms with Crippen molar-refractivity contribution >= 4 is 11.0 Å². The van der Waals surface area contributed by atoms with Gasteiger partial charge in [0.05, 0.1) is 11.6 Å². The minimum Gasteiger partial charge on any atom is -0.237 e. The van der Waals surface area contributed by atoms with E-state index in [1.165, 1.54) is 0 Å². The van der Waals surface area contributed by atoms with Crippen molar-refractivity contribution in [2.24, 2.45) is 0 Å². The molecule has 2 aromatic rings. The number of rotatable bonds is 4. The van der Waals surface area contributed by atoms with Gasteiger partial charge < -0.3 is 0 Å². The van der Waals surface area contributed by atoms with E-state index in [4.69, 9.17) is 0 Å². The smallest absolute Gasteiger partial charge is 0.113 e. The molecule has 1 unspecified atom stereocenters. The van der Waals surface area contributed by atoms with E-state index in [0.717, 1.165) is 17.5 Å². The third kappa shape index (κ3) is 1.68. The summed E-state index contributed by atoms with van der Waals surface area (Å²) in [5, 5.41) is 8.23. The monoisotopic (exact) mass is 199 g/mol. The zero-order chi connectivity index (χ0) is 10.7. The summed E-state index contributed by atoms with van der Waals surface area (Å²) >= 11 is 0. The fourth-order valence-corrected chi connectivity index (χ4v) is 1.60. The minimum absolute atomic E-state index is 0.134. The average molecular weight is 199 g/mol. The van der Waals surface area contributed by atoms with Gasteiger partial charge in [-0.15, -0.1) is 18.3 Å². The zero-order valence-corrected chi connectivity index (χ0v) is 8.50. The molecule has 0 saturated heterocycles. The molecule has 0 amide bonds. The maximum atomic E-state index is 4.13. The van der Waals surface area contributed by atoms with Crippen LogP contribution in [0.3, 0.4) is 0 Å². The summed E-state index contributed by atoms with van der Waals surface area (Å²) in [5.41, 5.74) is 1.94. The number of fused-ring (bicyclic) bond motifs is 1. The van der Waals surface area contributed by atoms with Crippen LogP contribution in [0, 0.1) is 0 Å². The third-order valence-corrected chi connectivity index (χ3v) is 2.37. The van der Waals surface area contributed by atoms with Crippen LogP contribution in [0.15, 0.2) is 49.6 Å². The van der Waals surface area contributed by atoms with Crippen LogP contribution < -0.4 is 0 Å². The van der Waals surface area contributed by atoms with Crippen molar-refractivity contribution in [1.82, 2.24) is 15.0 Å². The van der Waals surface area contributed by atoms with E-state index in [2.05, 4.69) is 23.5 Å². The standard InChI is InChI=1S/C12H13N3/c1-3-7-10(4-2)15-12-9-6-5-8-11(12)13-14-15/h3-6,8-10H,1-2,7H2. The molecule has 0 saturated carbocycles. The molecule has 3 heteroatoms. The zero-order valence-electron chi connectivity index (χ0n) is 8.50. The lowest BCUT2D eigenvalue weighted by molar-refractivity contribution is 0.542. The molecule has 2 rings (SSSR count). The van der Waals surface area contributed by atoms with Gasteiger partial charge in [-0.25, -0.2) is 4.68 Å². The van der Waals surface area contributed by atoms with E-state index in [1.54, 1.807) is 0 Å². The second-order valence-corrected chi connectivity index (χ2v) is 3.35. The van der Waals surface area contributed by atoms with Gasteiger partial charge in [-0.2, -0.15) is 0 Å². The molecule has 0 aliphatic carbocycles. The molecule has 15 heavy (non-hydrogen) atoms. The fraction of sp³-hybridized carbons (Fsp3) is 0.167. The van der Waals surface area contributed by atoms with Gasteiger partial charge in [0, 0.05) is 0 Å². The van der Waals surface area contributed by atoms with E-state index in [9.17, 15) is 0 Å². The van der Waals surface area contributed by atoms with Crippen LogP contribution in [0.1, 0.15) is 12.5 Å². The van der Waals surface area contributed by atoms with Crippen molar-refractivity contribution < 1.29 is 0 Å². The molecule has 0 aliphatic rings. The number of hydrogen-bond donors (Lipinski definition) is 0. The highest BCUT2D eigenvalue weighted by atomic mass is 15.4. The number of aromatic nitrogens is 3. The molecule has 0 aliphatic heterocycles. The summed E-state index contributed by atoms with van der Waals surface area (Å²) in [6.07, 6.45) is 4.54. The SMILES string of the molecule is C=CCC(C=C)n1nnc2ccccc21. The van der Waals surface area contributed by atoms with E-state index < -0.39 is 0 Å². The van der Waals surface area contributed by atoms with Crippen molar-refractivity contribution in [3.63, 3.8) is 0 Å². The molecule has 0 fully saturated rings. The van der Waals surface area contributed by atoms with Crippen LogP contribution >= 0.6 is 0 Å². The van der Waals surface area contributed by atoms with Gasteiger partial charge in [-0.1, -0.05) is 29.5 Å². The predicted octanol–water partition coefficient (Wildman–Crippen LogP) is 2.73. The number of benzene rings is 1. The third-order valence-electron chi connectivity index (χ3n) is 2.37. The Labute approximate surface area is 88.7 Å². The van der Waals surface area contributed by atoms with Crippen molar-refractivity contribution in [2.75, 3.05) is 0 Å². The van der Waals surface area contributed by atoms with Crippen LogP contribution in [0.25, 0.3) is 11.0 Å². The Morgan fingerprint density at radius 1 is 1.33 bits per heavy atom. The van der Waals surface area contributed by atoms with Gasteiger partial charge in [-0.3, -0.25) is 0 Å². The van der Waals surface area contributed by atoms with Gasteiger partial charge in [0.25, 0.3) is 0 Å². The topological polar surface area (TPSA) is 30.7 Å². The Bertz CT molecular complexity index is 484. The Morgan fingerprint density at radius 3 is 2.87 bits per heavy atom. The molecule has 1 aromatic carbocycles. The first kappa shape index (κ1) is 9.65. The lowest BCUT2D eigenvalue weighted by Gasteiger charge is -2.10. The van der Waals surface area contributed by atoms with Crippen LogP contribution in [0.4, 0.5) is 0 Å². The summed E-state index contributed by atoms with van der Waals surface area (Å²) in [5.74, 6) is 0. The van der Waals surface area contributed by atoms with Crippen molar-refractivity contribution in [3.8, 4) is 0 Å². The van der Waals surface area contributed by atoms with Crippen LogP contribution in [0.2, 0.25) is 0 Å². The maximum Gasteiger partial charge on any atom is 0.113 e. The Morgan fingerprint density at radius 2 is 2.13 bits per heavy atom. The van der Waals surface area contributed by atoms with Crippen LogP contribution in [0.5, 0.6) is 0 Å². The lowest BCUT2D eigenvalue weighted by atomic mass is 10.2. The van der Waals surface area contributed by atoms with Crippen LogP contribution in [-0.2, 0) is 0 Å². The molecule has 0 radical (unpaired) electrons. The summed E-state index contributed by atoms with van der Waals surface area (Å²) in [7, 11) is 0. The van der Waals surface area contributed by atoms with Gasteiger partial charge in [0.2, 0.25) is 0 Å². The van der Waals surface area contributed by atoms with Crippen molar-refractivity contribution in [2.45, 2.75) is 12.5 Å². The number of para-hydroxylation sites is 1. The summed E-state index contributed by atoms with van der Waals surface area (Å²) in [6, 6.07) is 8.03. The van der Waals surface area contributed by atoms with E-state index in [-0.39, 0.29) is 6.04 Å². The normalized spacial score (nSPS) is 12.5. The van der Waals surface area contributed by atoms with E-state index in [1.807, 2.05) is 41.1 Å². The Kier molecular flexibility index (Phi) is 2.63. The van der Waals surface area contributed by atoms with Crippen molar-refractivity contribution in [3.05, 3.63) is 49.6 Å². The van der Waals surface area contributed by atoms with Gasteiger partial charge in [0.15, 0.2) is 0 Å². The second-order valence-electron chi connectivity index (χ2n) is 3.35. The lowest BCUT2D eigenvalue weighted by Crippen LogP contribution is -2.07. The maximum absolute atomic E-state index is 4.13.